The molecular weight excluding hydrogens is 192 g/mol. The molecule has 1 unspecified atom stereocenters. The van der Waals surface area contributed by atoms with Gasteiger partial charge in [0.2, 0.25) is 0 Å². The van der Waals surface area contributed by atoms with Gasteiger partial charge in [0, 0.05) is 0 Å². The van der Waals surface area contributed by atoms with Crippen molar-refractivity contribution < 1.29 is 14.6 Å². The quantitative estimate of drug-likeness (QED) is 0.728. The molecule has 3 nitrogen and oxygen atoms in total. The Morgan fingerprint density at radius 1 is 1.07 bits per heavy atom. The fourth-order valence-corrected chi connectivity index (χ4v) is 2.36. The molecule has 1 N–H and O–H groups in total. The molecule has 2 rings (SSSR count). The molecule has 15 heavy (non-hydrogen) atoms. The second-order valence-corrected chi connectivity index (χ2v) is 4.85. The van der Waals surface area contributed by atoms with Gasteiger partial charge in [-0.15, -0.1) is 0 Å². The van der Waals surface area contributed by atoms with Crippen molar-refractivity contribution in [2.45, 2.75) is 63.6 Å². The van der Waals surface area contributed by atoms with E-state index in [2.05, 4.69) is 0 Å². The summed E-state index contributed by atoms with van der Waals surface area (Å²) in [5.41, 5.74) is 0. The average Bonchev–Trinajstić information content (AvgIpc) is 3.02. The van der Waals surface area contributed by atoms with Crippen molar-refractivity contribution in [2.75, 3.05) is 0 Å². The van der Waals surface area contributed by atoms with Gasteiger partial charge >= 0.3 is 5.97 Å². The fourth-order valence-electron chi connectivity index (χ4n) is 2.36. The zero-order chi connectivity index (χ0) is 10.7. The molecule has 1 atom stereocenters. The van der Waals surface area contributed by atoms with Crippen molar-refractivity contribution in [1.82, 2.24) is 0 Å². The van der Waals surface area contributed by atoms with E-state index in [1.807, 2.05) is 0 Å². The Hall–Kier alpha value is -0.570. The summed E-state index contributed by atoms with van der Waals surface area (Å²) in [6.07, 6.45) is 8.80. The van der Waals surface area contributed by atoms with Crippen molar-refractivity contribution in [2.24, 2.45) is 5.92 Å². The number of rotatable bonds is 4. The van der Waals surface area contributed by atoms with Crippen LogP contribution in [0.4, 0.5) is 0 Å². The lowest BCUT2D eigenvalue weighted by molar-refractivity contribution is -0.156. The number of hydrogen-bond acceptors (Lipinski definition) is 2. The molecule has 2 aliphatic carbocycles. The van der Waals surface area contributed by atoms with Gasteiger partial charge in [0.15, 0.2) is 6.10 Å². The number of aliphatic carboxylic acids is 1. The fraction of sp³-hybridized carbons (Fsp3) is 0.917. The lowest BCUT2D eigenvalue weighted by Crippen LogP contribution is -2.31. The molecule has 0 spiro atoms. The lowest BCUT2D eigenvalue weighted by atomic mass is 10.1. The molecule has 0 aromatic carbocycles. The van der Waals surface area contributed by atoms with Crippen LogP contribution in [0.25, 0.3) is 0 Å². The van der Waals surface area contributed by atoms with Gasteiger partial charge in [-0.3, -0.25) is 0 Å². The van der Waals surface area contributed by atoms with Crippen molar-refractivity contribution in [3.63, 3.8) is 0 Å². The smallest absolute Gasteiger partial charge is 0.333 e. The van der Waals surface area contributed by atoms with Gasteiger partial charge in [0.25, 0.3) is 0 Å². The lowest BCUT2D eigenvalue weighted by Gasteiger charge is -2.20. The second-order valence-electron chi connectivity index (χ2n) is 4.85. The van der Waals surface area contributed by atoms with E-state index in [-0.39, 0.29) is 6.10 Å². The highest BCUT2D eigenvalue weighted by Crippen LogP contribution is 2.36. The van der Waals surface area contributed by atoms with Crippen molar-refractivity contribution in [3.05, 3.63) is 0 Å². The predicted molar refractivity (Wildman–Crippen MR) is 56.7 cm³/mol. The maximum Gasteiger partial charge on any atom is 0.333 e. The van der Waals surface area contributed by atoms with Crippen LogP contribution in [-0.2, 0) is 9.53 Å². The molecule has 2 aliphatic rings. The molecule has 0 bridgehead atoms. The Labute approximate surface area is 90.8 Å². The molecule has 0 radical (unpaired) electrons. The molecule has 3 heteroatoms. The van der Waals surface area contributed by atoms with E-state index in [0.29, 0.717) is 5.92 Å². The van der Waals surface area contributed by atoms with Gasteiger partial charge in [-0.25, -0.2) is 4.79 Å². The molecule has 0 aromatic heterocycles. The van der Waals surface area contributed by atoms with E-state index in [0.717, 1.165) is 25.7 Å². The maximum atomic E-state index is 11.0. The van der Waals surface area contributed by atoms with E-state index >= 15 is 0 Å². The van der Waals surface area contributed by atoms with Gasteiger partial charge < -0.3 is 9.84 Å². The minimum absolute atomic E-state index is 0.203. The van der Waals surface area contributed by atoms with Gasteiger partial charge in [-0.05, 0) is 31.6 Å². The Morgan fingerprint density at radius 3 is 2.13 bits per heavy atom. The predicted octanol–water partition coefficient (Wildman–Crippen LogP) is 2.59. The number of ether oxygens (including phenoxy) is 1. The van der Waals surface area contributed by atoms with Gasteiger partial charge in [0.1, 0.15) is 0 Å². The zero-order valence-electron chi connectivity index (χ0n) is 9.15. The minimum atomic E-state index is -0.762. The zero-order valence-corrected chi connectivity index (χ0v) is 9.15. The highest BCUT2D eigenvalue weighted by atomic mass is 16.5. The highest BCUT2D eigenvalue weighted by molar-refractivity contribution is 5.73. The first-order valence-corrected chi connectivity index (χ1v) is 6.15. The minimum Gasteiger partial charge on any atom is -0.479 e. The second kappa shape index (κ2) is 4.97. The number of carboxylic acid groups (broad SMARTS) is 1. The Morgan fingerprint density at radius 2 is 1.67 bits per heavy atom. The molecule has 0 amide bonds. The van der Waals surface area contributed by atoms with Crippen molar-refractivity contribution in [3.8, 4) is 0 Å². The first-order valence-electron chi connectivity index (χ1n) is 6.15. The summed E-state index contributed by atoms with van der Waals surface area (Å²) in [7, 11) is 0. The van der Waals surface area contributed by atoms with Crippen LogP contribution in [0.15, 0.2) is 0 Å². The van der Waals surface area contributed by atoms with Crippen LogP contribution in [0.5, 0.6) is 0 Å². The largest absolute Gasteiger partial charge is 0.479 e. The van der Waals surface area contributed by atoms with Crippen LogP contribution >= 0.6 is 0 Å². The van der Waals surface area contributed by atoms with Gasteiger partial charge in [-0.1, -0.05) is 25.7 Å². The topological polar surface area (TPSA) is 46.5 Å². The number of carboxylic acids is 1. The normalized spacial score (nSPS) is 25.9. The summed E-state index contributed by atoms with van der Waals surface area (Å²) in [6.45, 7) is 0. The Bertz CT molecular complexity index is 215. The molecular formula is C12H20O3. The van der Waals surface area contributed by atoms with Crippen molar-refractivity contribution >= 4 is 5.97 Å². The third-order valence-electron chi connectivity index (χ3n) is 3.43. The summed E-state index contributed by atoms with van der Waals surface area (Å²) < 4.78 is 5.76. The molecule has 86 valence electrons. The monoisotopic (exact) mass is 212 g/mol. The average molecular weight is 212 g/mol. The maximum absolute atomic E-state index is 11.0. The summed E-state index contributed by atoms with van der Waals surface area (Å²) in [4.78, 5) is 11.0. The van der Waals surface area contributed by atoms with E-state index in [4.69, 9.17) is 9.84 Å². The summed E-state index contributed by atoms with van der Waals surface area (Å²) in [5, 5.41) is 9.06. The van der Waals surface area contributed by atoms with Crippen LogP contribution < -0.4 is 0 Å². The standard InChI is InChI=1S/C12H20O3/c13-12(14)11(9-7-8-9)15-10-5-3-1-2-4-6-10/h9-11H,1-8H2,(H,13,14). The highest BCUT2D eigenvalue weighted by Gasteiger charge is 2.38. The van der Waals surface area contributed by atoms with E-state index < -0.39 is 12.1 Å². The SMILES string of the molecule is O=C(O)C(OC1CCCCCC1)C1CC1. The first-order chi connectivity index (χ1) is 7.27. The molecule has 0 saturated heterocycles. The summed E-state index contributed by atoms with van der Waals surface area (Å²) in [6, 6.07) is 0. The van der Waals surface area contributed by atoms with E-state index in [1.165, 1.54) is 25.7 Å². The molecule has 2 saturated carbocycles. The van der Waals surface area contributed by atoms with Crippen LogP contribution in [0.2, 0.25) is 0 Å². The van der Waals surface area contributed by atoms with Crippen LogP contribution in [-0.4, -0.2) is 23.3 Å². The molecule has 0 aromatic rings. The first kappa shape index (κ1) is 10.9. The Balaban J connectivity index is 1.84. The third-order valence-corrected chi connectivity index (χ3v) is 3.43. The Kier molecular flexibility index (Phi) is 3.62. The van der Waals surface area contributed by atoms with Gasteiger partial charge in [-0.2, -0.15) is 0 Å². The van der Waals surface area contributed by atoms with E-state index in [1.54, 1.807) is 0 Å². The van der Waals surface area contributed by atoms with E-state index in [9.17, 15) is 4.79 Å². The van der Waals surface area contributed by atoms with Crippen LogP contribution in [0.3, 0.4) is 0 Å². The van der Waals surface area contributed by atoms with Crippen LogP contribution in [0.1, 0.15) is 51.4 Å². The van der Waals surface area contributed by atoms with Crippen LogP contribution in [0, 0.1) is 5.92 Å². The van der Waals surface area contributed by atoms with Gasteiger partial charge in [0.05, 0.1) is 6.10 Å². The summed E-state index contributed by atoms with van der Waals surface area (Å²) >= 11 is 0. The van der Waals surface area contributed by atoms with Crippen molar-refractivity contribution in [1.29, 1.82) is 0 Å². The molecule has 0 heterocycles. The number of carbonyl (C=O) groups is 1. The molecule has 0 aliphatic heterocycles. The summed E-state index contributed by atoms with van der Waals surface area (Å²) in [5.74, 6) is -0.465. The number of hydrogen-bond donors (Lipinski definition) is 1. The third kappa shape index (κ3) is 3.20. The molecule has 2 fully saturated rings.